The highest BCUT2D eigenvalue weighted by Gasteiger charge is 2.43. The highest BCUT2D eigenvalue weighted by Crippen LogP contribution is 2.46. The molecule has 0 aromatic rings. The fraction of sp³-hybridized carbons (Fsp3) is 1.00. The monoisotopic (exact) mass is 209 g/mol. The van der Waals surface area contributed by atoms with Crippen LogP contribution in [-0.4, -0.2) is 13.1 Å². The van der Waals surface area contributed by atoms with E-state index in [9.17, 15) is 0 Å². The van der Waals surface area contributed by atoms with Gasteiger partial charge in [0, 0.05) is 6.04 Å². The normalized spacial score (nSPS) is 47.6. The van der Waals surface area contributed by atoms with Crippen molar-refractivity contribution < 1.29 is 0 Å². The zero-order valence-electron chi connectivity index (χ0n) is 10.8. The summed E-state index contributed by atoms with van der Waals surface area (Å²) in [6.45, 7) is 7.28. The SMILES string of the molecule is CNC(C1CCC(C)C(C)C1)C1CC1C. The minimum atomic E-state index is 0.815. The van der Waals surface area contributed by atoms with Crippen molar-refractivity contribution in [2.45, 2.75) is 52.5 Å². The second kappa shape index (κ2) is 4.45. The highest BCUT2D eigenvalue weighted by molar-refractivity contribution is 4.96. The molecule has 0 amide bonds. The molecule has 6 unspecified atom stereocenters. The van der Waals surface area contributed by atoms with Crippen molar-refractivity contribution in [3.8, 4) is 0 Å². The number of nitrogens with one attached hydrogen (secondary N) is 1. The van der Waals surface area contributed by atoms with Crippen LogP contribution in [0, 0.1) is 29.6 Å². The van der Waals surface area contributed by atoms with E-state index in [0.717, 1.165) is 35.6 Å². The van der Waals surface area contributed by atoms with Crippen LogP contribution >= 0.6 is 0 Å². The lowest BCUT2D eigenvalue weighted by atomic mass is 9.72. The second-order valence-electron chi connectivity index (χ2n) is 6.22. The summed E-state index contributed by atoms with van der Waals surface area (Å²) in [6.07, 6.45) is 5.83. The molecule has 2 aliphatic carbocycles. The average molecular weight is 209 g/mol. The molecule has 0 aromatic carbocycles. The van der Waals surface area contributed by atoms with Crippen molar-refractivity contribution in [1.29, 1.82) is 0 Å². The molecule has 2 saturated carbocycles. The predicted molar refractivity (Wildman–Crippen MR) is 65.8 cm³/mol. The summed E-state index contributed by atoms with van der Waals surface area (Å²) < 4.78 is 0. The Morgan fingerprint density at radius 2 is 1.60 bits per heavy atom. The number of hydrogen-bond donors (Lipinski definition) is 1. The van der Waals surface area contributed by atoms with Gasteiger partial charge in [0.2, 0.25) is 0 Å². The van der Waals surface area contributed by atoms with E-state index in [0.29, 0.717) is 0 Å². The van der Waals surface area contributed by atoms with Gasteiger partial charge in [0.05, 0.1) is 0 Å². The fourth-order valence-electron chi connectivity index (χ4n) is 3.57. The van der Waals surface area contributed by atoms with E-state index < -0.39 is 0 Å². The van der Waals surface area contributed by atoms with Crippen LogP contribution in [0.5, 0.6) is 0 Å². The third-order valence-corrected chi connectivity index (χ3v) is 5.11. The molecular weight excluding hydrogens is 182 g/mol. The van der Waals surface area contributed by atoms with Crippen LogP contribution in [0.15, 0.2) is 0 Å². The first kappa shape index (κ1) is 11.4. The van der Waals surface area contributed by atoms with Crippen LogP contribution < -0.4 is 5.32 Å². The zero-order valence-corrected chi connectivity index (χ0v) is 10.8. The lowest BCUT2D eigenvalue weighted by Crippen LogP contribution is -2.39. The van der Waals surface area contributed by atoms with E-state index in [1.807, 2.05) is 0 Å². The maximum absolute atomic E-state index is 3.60. The molecule has 2 fully saturated rings. The molecule has 0 saturated heterocycles. The molecule has 88 valence electrons. The Hall–Kier alpha value is -0.0400. The standard InChI is InChI=1S/C14H27N/c1-9-5-6-12(7-10(9)2)14(15-4)13-8-11(13)3/h9-15H,5-8H2,1-4H3. The smallest absolute Gasteiger partial charge is 0.0123 e. The molecule has 15 heavy (non-hydrogen) atoms. The predicted octanol–water partition coefficient (Wildman–Crippen LogP) is 3.30. The molecule has 6 atom stereocenters. The van der Waals surface area contributed by atoms with Crippen LogP contribution in [-0.2, 0) is 0 Å². The van der Waals surface area contributed by atoms with Crippen LogP contribution in [0.1, 0.15) is 46.5 Å². The van der Waals surface area contributed by atoms with Crippen LogP contribution in [0.25, 0.3) is 0 Å². The lowest BCUT2D eigenvalue weighted by molar-refractivity contribution is 0.162. The number of rotatable bonds is 3. The molecule has 0 aliphatic heterocycles. The van der Waals surface area contributed by atoms with Gasteiger partial charge >= 0.3 is 0 Å². The topological polar surface area (TPSA) is 12.0 Å². The molecule has 0 spiro atoms. The van der Waals surface area contributed by atoms with Crippen LogP contribution in [0.4, 0.5) is 0 Å². The summed E-state index contributed by atoms with van der Waals surface area (Å²) in [5.41, 5.74) is 0. The minimum absolute atomic E-state index is 0.815. The van der Waals surface area contributed by atoms with Gasteiger partial charge in [-0.05, 0) is 55.9 Å². The largest absolute Gasteiger partial charge is 0.316 e. The number of hydrogen-bond acceptors (Lipinski definition) is 1. The van der Waals surface area contributed by atoms with E-state index in [4.69, 9.17) is 0 Å². The Kier molecular flexibility index (Phi) is 3.39. The molecule has 2 rings (SSSR count). The minimum Gasteiger partial charge on any atom is -0.316 e. The van der Waals surface area contributed by atoms with Gasteiger partial charge in [-0.3, -0.25) is 0 Å². The quantitative estimate of drug-likeness (QED) is 0.752. The Balaban J connectivity index is 1.91. The third kappa shape index (κ3) is 2.38. The van der Waals surface area contributed by atoms with Gasteiger partial charge in [-0.1, -0.05) is 27.2 Å². The van der Waals surface area contributed by atoms with Crippen molar-refractivity contribution in [3.05, 3.63) is 0 Å². The molecule has 0 radical (unpaired) electrons. The van der Waals surface area contributed by atoms with Gasteiger partial charge in [0.25, 0.3) is 0 Å². The molecule has 0 bridgehead atoms. The van der Waals surface area contributed by atoms with Crippen molar-refractivity contribution in [3.63, 3.8) is 0 Å². The maximum Gasteiger partial charge on any atom is 0.0123 e. The lowest BCUT2D eigenvalue weighted by Gasteiger charge is -2.37. The first-order valence-corrected chi connectivity index (χ1v) is 6.80. The zero-order chi connectivity index (χ0) is 11.0. The Morgan fingerprint density at radius 3 is 2.07 bits per heavy atom. The summed E-state index contributed by atoms with van der Waals surface area (Å²) in [4.78, 5) is 0. The van der Waals surface area contributed by atoms with Crippen molar-refractivity contribution in [1.82, 2.24) is 5.32 Å². The van der Waals surface area contributed by atoms with Crippen molar-refractivity contribution in [2.24, 2.45) is 29.6 Å². The Morgan fingerprint density at radius 1 is 0.933 bits per heavy atom. The van der Waals surface area contributed by atoms with Crippen molar-refractivity contribution in [2.75, 3.05) is 7.05 Å². The van der Waals surface area contributed by atoms with Crippen LogP contribution in [0.2, 0.25) is 0 Å². The summed E-state index contributed by atoms with van der Waals surface area (Å²) in [6, 6.07) is 0.815. The molecule has 1 heteroatoms. The summed E-state index contributed by atoms with van der Waals surface area (Å²) in [5.74, 6) is 4.82. The van der Waals surface area contributed by atoms with Crippen molar-refractivity contribution >= 4 is 0 Å². The van der Waals surface area contributed by atoms with Gasteiger partial charge in [-0.15, -0.1) is 0 Å². The summed E-state index contributed by atoms with van der Waals surface area (Å²) in [7, 11) is 2.17. The molecule has 1 N–H and O–H groups in total. The fourth-order valence-corrected chi connectivity index (χ4v) is 3.57. The second-order valence-corrected chi connectivity index (χ2v) is 6.22. The molecule has 0 heterocycles. The third-order valence-electron chi connectivity index (χ3n) is 5.11. The van der Waals surface area contributed by atoms with E-state index in [-0.39, 0.29) is 0 Å². The first-order chi connectivity index (χ1) is 7.13. The maximum atomic E-state index is 3.60. The van der Waals surface area contributed by atoms with E-state index in [2.05, 4.69) is 33.1 Å². The summed E-state index contributed by atoms with van der Waals surface area (Å²) in [5, 5.41) is 3.60. The summed E-state index contributed by atoms with van der Waals surface area (Å²) >= 11 is 0. The van der Waals surface area contributed by atoms with E-state index in [1.165, 1.54) is 25.7 Å². The van der Waals surface area contributed by atoms with Gasteiger partial charge in [-0.2, -0.15) is 0 Å². The van der Waals surface area contributed by atoms with Gasteiger partial charge in [0.15, 0.2) is 0 Å². The van der Waals surface area contributed by atoms with E-state index in [1.54, 1.807) is 0 Å². The first-order valence-electron chi connectivity index (χ1n) is 6.80. The average Bonchev–Trinajstić information content (AvgIpc) is 2.90. The van der Waals surface area contributed by atoms with Gasteiger partial charge in [-0.25, -0.2) is 0 Å². The van der Waals surface area contributed by atoms with E-state index >= 15 is 0 Å². The molecule has 1 nitrogen and oxygen atoms in total. The van der Waals surface area contributed by atoms with Gasteiger partial charge < -0.3 is 5.32 Å². The molecule has 0 aromatic heterocycles. The molecule has 2 aliphatic rings. The Bertz CT molecular complexity index is 213. The van der Waals surface area contributed by atoms with Gasteiger partial charge in [0.1, 0.15) is 0 Å². The Labute approximate surface area is 95.0 Å². The van der Waals surface area contributed by atoms with Crippen LogP contribution in [0.3, 0.4) is 0 Å². The molecular formula is C14H27N. The highest BCUT2D eigenvalue weighted by atomic mass is 14.9.